The van der Waals surface area contributed by atoms with Gasteiger partial charge in [-0.15, -0.1) is 0 Å². The number of aliphatic hydroxyl groups excluding tert-OH is 1. The zero-order chi connectivity index (χ0) is 18.6. The Balaban J connectivity index is 0.000000143. The minimum atomic E-state index is -0.584. The molecule has 3 heterocycles. The largest absolute Gasteiger partial charge is 0.454 e. The van der Waals surface area contributed by atoms with Gasteiger partial charge < -0.3 is 28.8 Å². The lowest BCUT2D eigenvalue weighted by Gasteiger charge is -2.07. The smallest absolute Gasteiger partial charge is 0.231 e. The third kappa shape index (κ3) is 4.28. The molecule has 5 rings (SSSR count). The van der Waals surface area contributed by atoms with Crippen molar-refractivity contribution < 1.29 is 28.8 Å². The fourth-order valence-electron chi connectivity index (χ4n) is 3.37. The van der Waals surface area contributed by atoms with Crippen LogP contribution >= 0.6 is 0 Å². The van der Waals surface area contributed by atoms with E-state index < -0.39 is 6.29 Å². The van der Waals surface area contributed by atoms with Gasteiger partial charge in [-0.3, -0.25) is 0 Å². The molecule has 2 aromatic carbocycles. The first-order chi connectivity index (χ1) is 13.2. The Bertz CT molecular complexity index is 790. The third-order valence-electron chi connectivity index (χ3n) is 4.87. The highest BCUT2D eigenvalue weighted by molar-refractivity contribution is 5.45. The molecule has 0 amide bonds. The van der Waals surface area contributed by atoms with Gasteiger partial charge in [0.1, 0.15) is 0 Å². The van der Waals surface area contributed by atoms with Crippen molar-refractivity contribution in [1.29, 1.82) is 0 Å². The lowest BCUT2D eigenvalue weighted by molar-refractivity contribution is -0.0591. The van der Waals surface area contributed by atoms with Crippen molar-refractivity contribution in [2.75, 3.05) is 20.2 Å². The molecule has 144 valence electrons. The molecule has 0 aliphatic carbocycles. The van der Waals surface area contributed by atoms with Crippen LogP contribution in [0.5, 0.6) is 23.0 Å². The minimum absolute atomic E-state index is 0.310. The summed E-state index contributed by atoms with van der Waals surface area (Å²) < 4.78 is 26.1. The summed E-state index contributed by atoms with van der Waals surface area (Å²) in [5.41, 5.74) is 2.49. The van der Waals surface area contributed by atoms with Gasteiger partial charge in [0.2, 0.25) is 13.6 Å². The second kappa shape index (κ2) is 8.06. The van der Waals surface area contributed by atoms with Crippen molar-refractivity contribution in [3.63, 3.8) is 0 Å². The zero-order valence-corrected chi connectivity index (χ0v) is 15.3. The maximum Gasteiger partial charge on any atom is 0.231 e. The Kier molecular flexibility index (Phi) is 5.36. The summed E-state index contributed by atoms with van der Waals surface area (Å²) >= 11 is 0. The quantitative estimate of drug-likeness (QED) is 0.892. The van der Waals surface area contributed by atoms with E-state index in [4.69, 9.17) is 23.7 Å². The van der Waals surface area contributed by atoms with Crippen molar-refractivity contribution in [1.82, 2.24) is 0 Å². The van der Waals surface area contributed by atoms with Crippen LogP contribution in [0.2, 0.25) is 0 Å². The molecular formula is C21H24O6. The third-order valence-corrected chi connectivity index (χ3v) is 4.87. The number of aliphatic hydroxyl groups is 1. The Morgan fingerprint density at radius 2 is 1.44 bits per heavy atom. The van der Waals surface area contributed by atoms with Gasteiger partial charge in [0.15, 0.2) is 29.3 Å². The Morgan fingerprint density at radius 1 is 0.852 bits per heavy atom. The molecule has 2 aromatic rings. The highest BCUT2D eigenvalue weighted by Gasteiger charge is 2.24. The van der Waals surface area contributed by atoms with Crippen LogP contribution in [0.25, 0.3) is 0 Å². The van der Waals surface area contributed by atoms with E-state index in [9.17, 15) is 5.11 Å². The average Bonchev–Trinajstić information content (AvgIpc) is 3.42. The molecule has 0 spiro atoms. The topological polar surface area (TPSA) is 66.4 Å². The number of hydrogen-bond donors (Lipinski definition) is 1. The normalized spacial score (nSPS) is 21.7. The number of ether oxygens (including phenoxy) is 5. The maximum atomic E-state index is 9.27. The number of rotatable bonds is 3. The van der Waals surface area contributed by atoms with Crippen molar-refractivity contribution in [2.45, 2.75) is 32.5 Å². The van der Waals surface area contributed by atoms with Crippen LogP contribution in [0.3, 0.4) is 0 Å². The fourth-order valence-corrected chi connectivity index (χ4v) is 3.37. The first-order valence-corrected chi connectivity index (χ1v) is 9.28. The molecule has 2 unspecified atom stereocenters. The van der Waals surface area contributed by atoms with Gasteiger partial charge in [-0.1, -0.05) is 19.1 Å². The monoisotopic (exact) mass is 372 g/mol. The van der Waals surface area contributed by atoms with Gasteiger partial charge in [0, 0.05) is 6.42 Å². The van der Waals surface area contributed by atoms with Crippen molar-refractivity contribution in [3.8, 4) is 23.0 Å². The molecule has 0 radical (unpaired) electrons. The molecule has 6 nitrogen and oxygen atoms in total. The van der Waals surface area contributed by atoms with Gasteiger partial charge in [-0.2, -0.15) is 0 Å². The molecule has 3 aliphatic rings. The number of hydrogen-bond acceptors (Lipinski definition) is 6. The Morgan fingerprint density at radius 3 is 2.04 bits per heavy atom. The van der Waals surface area contributed by atoms with Crippen molar-refractivity contribution in [2.24, 2.45) is 5.92 Å². The van der Waals surface area contributed by atoms with Gasteiger partial charge in [-0.05, 0) is 54.2 Å². The van der Waals surface area contributed by atoms with Gasteiger partial charge >= 0.3 is 0 Å². The van der Waals surface area contributed by atoms with E-state index in [1.54, 1.807) is 0 Å². The van der Waals surface area contributed by atoms with E-state index in [2.05, 4.69) is 13.0 Å². The molecular weight excluding hydrogens is 348 g/mol. The first-order valence-electron chi connectivity index (χ1n) is 9.28. The van der Waals surface area contributed by atoms with E-state index in [1.165, 1.54) is 11.1 Å². The van der Waals surface area contributed by atoms with Crippen molar-refractivity contribution >= 4 is 0 Å². The molecule has 27 heavy (non-hydrogen) atoms. The highest BCUT2D eigenvalue weighted by atomic mass is 16.7. The number of benzene rings is 2. The second-order valence-electron chi connectivity index (χ2n) is 6.82. The van der Waals surface area contributed by atoms with Gasteiger partial charge in [0.05, 0.1) is 6.61 Å². The molecule has 0 saturated carbocycles. The van der Waals surface area contributed by atoms with Crippen LogP contribution in [-0.2, 0) is 17.6 Å². The van der Waals surface area contributed by atoms with Crippen LogP contribution in [0, 0.1) is 5.92 Å². The fraction of sp³-hybridized carbons (Fsp3) is 0.429. The van der Waals surface area contributed by atoms with E-state index in [1.807, 2.05) is 30.3 Å². The van der Waals surface area contributed by atoms with E-state index in [0.717, 1.165) is 35.8 Å². The summed E-state index contributed by atoms with van der Waals surface area (Å²) in [6, 6.07) is 12.0. The van der Waals surface area contributed by atoms with Crippen LogP contribution in [0.15, 0.2) is 36.4 Å². The van der Waals surface area contributed by atoms with E-state index in [-0.39, 0.29) is 0 Å². The SMILES string of the molecule is CCc1ccc2c(c1)OCO2.OC1CC(Cc2ccc3c(c2)OCO3)CO1. The molecule has 1 saturated heterocycles. The highest BCUT2D eigenvalue weighted by Crippen LogP contribution is 2.34. The summed E-state index contributed by atoms with van der Waals surface area (Å²) in [4.78, 5) is 0. The lowest BCUT2D eigenvalue weighted by atomic mass is 9.98. The van der Waals surface area contributed by atoms with Crippen LogP contribution in [0.4, 0.5) is 0 Å². The maximum absolute atomic E-state index is 9.27. The summed E-state index contributed by atoms with van der Waals surface area (Å²) in [5.74, 6) is 3.77. The molecule has 1 N–H and O–H groups in total. The average molecular weight is 372 g/mol. The molecule has 6 heteroatoms. The van der Waals surface area contributed by atoms with Gasteiger partial charge in [0.25, 0.3) is 0 Å². The predicted octanol–water partition coefficient (Wildman–Crippen LogP) is 3.29. The number of fused-ring (bicyclic) bond motifs is 2. The molecule has 0 aromatic heterocycles. The molecule has 2 atom stereocenters. The van der Waals surface area contributed by atoms with Crippen LogP contribution in [0.1, 0.15) is 24.5 Å². The summed E-state index contributed by atoms with van der Waals surface area (Å²) in [7, 11) is 0. The van der Waals surface area contributed by atoms with Gasteiger partial charge in [-0.25, -0.2) is 0 Å². The predicted molar refractivity (Wildman–Crippen MR) is 98.3 cm³/mol. The van der Waals surface area contributed by atoms with Crippen molar-refractivity contribution in [3.05, 3.63) is 47.5 Å². The zero-order valence-electron chi connectivity index (χ0n) is 15.3. The van der Waals surface area contributed by atoms with Crippen LogP contribution < -0.4 is 18.9 Å². The number of aryl methyl sites for hydroxylation is 1. The molecule has 3 aliphatic heterocycles. The standard InChI is InChI=1S/C12H14O4.C9H10O2/c13-12-5-9(6-14-12)3-8-1-2-10-11(4-8)16-7-15-10;1-2-7-3-4-8-9(5-7)11-6-10-8/h1-2,4,9,12-13H,3,5-7H2;3-5H,2,6H2,1H3. The van der Waals surface area contributed by atoms with E-state index in [0.29, 0.717) is 32.5 Å². The lowest BCUT2D eigenvalue weighted by Crippen LogP contribution is -2.04. The van der Waals surface area contributed by atoms with E-state index >= 15 is 0 Å². The molecule has 1 fully saturated rings. The Labute approximate surface area is 158 Å². The summed E-state index contributed by atoms with van der Waals surface area (Å²) in [5, 5.41) is 9.27. The molecule has 0 bridgehead atoms. The Hall–Kier alpha value is -2.44. The summed E-state index contributed by atoms with van der Waals surface area (Å²) in [6.45, 7) is 3.43. The first kappa shape index (κ1) is 17.9. The second-order valence-corrected chi connectivity index (χ2v) is 6.82. The minimum Gasteiger partial charge on any atom is -0.454 e. The summed E-state index contributed by atoms with van der Waals surface area (Å²) in [6.07, 6.45) is 2.08. The van der Waals surface area contributed by atoms with Crippen LogP contribution in [-0.4, -0.2) is 31.6 Å².